The van der Waals surface area contributed by atoms with Crippen molar-refractivity contribution in [2.24, 2.45) is 0 Å². The second-order valence-corrected chi connectivity index (χ2v) is 7.15. The van der Waals surface area contributed by atoms with Crippen LogP contribution >= 0.6 is 11.6 Å². The highest BCUT2D eigenvalue weighted by Gasteiger charge is 2.30. The number of carbonyl (C=O) groups excluding carboxylic acids is 1. The van der Waals surface area contributed by atoms with Crippen molar-refractivity contribution in [2.45, 2.75) is 18.9 Å². The van der Waals surface area contributed by atoms with E-state index in [9.17, 15) is 4.79 Å². The van der Waals surface area contributed by atoms with Crippen LogP contribution in [0.3, 0.4) is 0 Å². The molecule has 1 N–H and O–H groups in total. The number of anilines is 1. The summed E-state index contributed by atoms with van der Waals surface area (Å²) in [4.78, 5) is 26.1. The first kappa shape index (κ1) is 17.2. The average molecular weight is 372 g/mol. The molecule has 0 saturated carbocycles. The molecule has 0 bridgehead atoms. The summed E-state index contributed by atoms with van der Waals surface area (Å²) in [7, 11) is 0. The van der Waals surface area contributed by atoms with Crippen LogP contribution in [0.25, 0.3) is 0 Å². The number of carbonyl (C=O) groups is 1. The number of piperazine rings is 1. The van der Waals surface area contributed by atoms with Gasteiger partial charge in [-0.1, -0.05) is 23.7 Å². The Morgan fingerprint density at radius 1 is 1.19 bits per heavy atom. The molecule has 2 aromatic rings. The van der Waals surface area contributed by atoms with Crippen molar-refractivity contribution in [3.63, 3.8) is 0 Å². The largest absolute Gasteiger partial charge is 0.341 e. The number of aromatic nitrogens is 2. The van der Waals surface area contributed by atoms with Gasteiger partial charge in [0.05, 0.1) is 6.04 Å². The molecule has 2 saturated heterocycles. The molecule has 1 amide bonds. The van der Waals surface area contributed by atoms with Gasteiger partial charge in [-0.25, -0.2) is 9.97 Å². The van der Waals surface area contributed by atoms with E-state index >= 15 is 0 Å². The quantitative estimate of drug-likeness (QED) is 0.898. The van der Waals surface area contributed by atoms with E-state index in [0.29, 0.717) is 29.8 Å². The Kier molecular flexibility index (Phi) is 5.04. The van der Waals surface area contributed by atoms with E-state index in [-0.39, 0.29) is 11.9 Å². The molecule has 0 aliphatic carbocycles. The first-order valence-corrected chi connectivity index (χ1v) is 9.45. The van der Waals surface area contributed by atoms with Crippen molar-refractivity contribution in [3.8, 4) is 0 Å². The fraction of sp³-hybridized carbons (Fsp3) is 0.421. The van der Waals surface area contributed by atoms with Crippen LogP contribution in [0.1, 0.15) is 34.9 Å². The summed E-state index contributed by atoms with van der Waals surface area (Å²) in [6, 6.07) is 9.36. The molecule has 0 spiro atoms. The Labute approximate surface area is 158 Å². The number of rotatable bonds is 3. The van der Waals surface area contributed by atoms with Crippen LogP contribution in [-0.2, 0) is 0 Å². The number of nitrogens with zero attached hydrogens (tertiary/aromatic N) is 4. The first-order valence-electron chi connectivity index (χ1n) is 9.07. The predicted molar refractivity (Wildman–Crippen MR) is 102 cm³/mol. The van der Waals surface area contributed by atoms with E-state index in [1.807, 2.05) is 29.2 Å². The molecule has 7 heteroatoms. The molecular formula is C19H22ClN5O. The molecule has 2 aliphatic rings. The van der Waals surface area contributed by atoms with E-state index < -0.39 is 0 Å². The Morgan fingerprint density at radius 3 is 2.85 bits per heavy atom. The smallest absolute Gasteiger partial charge is 0.273 e. The summed E-state index contributed by atoms with van der Waals surface area (Å²) in [5.41, 5.74) is 1.49. The Balaban J connectivity index is 1.60. The number of hydrogen-bond donors (Lipinski definition) is 1. The molecular weight excluding hydrogens is 350 g/mol. The standard InChI is InChI=1S/C19H22ClN5O/c20-15-5-3-4-14(12-15)17-13-21-8-11-25(17)18(26)16-6-7-22-19(23-16)24-9-1-2-10-24/h3-7,12,17,21H,1-2,8-11,13H2. The maximum atomic E-state index is 13.2. The fourth-order valence-electron chi connectivity index (χ4n) is 3.64. The molecule has 2 fully saturated rings. The number of hydrogen-bond acceptors (Lipinski definition) is 5. The van der Waals surface area contributed by atoms with Gasteiger partial charge in [0.2, 0.25) is 5.95 Å². The van der Waals surface area contributed by atoms with Gasteiger partial charge in [0, 0.05) is 43.9 Å². The molecule has 1 unspecified atom stereocenters. The lowest BCUT2D eigenvalue weighted by Gasteiger charge is -2.36. The Morgan fingerprint density at radius 2 is 2.04 bits per heavy atom. The topological polar surface area (TPSA) is 61.4 Å². The summed E-state index contributed by atoms with van der Waals surface area (Å²) in [6.45, 7) is 4.02. The predicted octanol–water partition coefficient (Wildman–Crippen LogP) is 2.52. The van der Waals surface area contributed by atoms with Crippen LogP contribution in [0.5, 0.6) is 0 Å². The van der Waals surface area contributed by atoms with Crippen LogP contribution in [0.15, 0.2) is 36.5 Å². The second kappa shape index (κ2) is 7.60. The average Bonchev–Trinajstić information content (AvgIpc) is 3.22. The lowest BCUT2D eigenvalue weighted by atomic mass is 10.0. The highest BCUT2D eigenvalue weighted by molar-refractivity contribution is 6.30. The summed E-state index contributed by atoms with van der Waals surface area (Å²) in [6.07, 6.45) is 3.98. The highest BCUT2D eigenvalue weighted by Crippen LogP contribution is 2.26. The van der Waals surface area contributed by atoms with Crippen molar-refractivity contribution in [3.05, 3.63) is 52.8 Å². The number of nitrogens with one attached hydrogen (secondary N) is 1. The Bertz CT molecular complexity index is 793. The lowest BCUT2D eigenvalue weighted by molar-refractivity contribution is 0.0628. The van der Waals surface area contributed by atoms with Crippen LogP contribution in [0.4, 0.5) is 5.95 Å². The van der Waals surface area contributed by atoms with Crippen molar-refractivity contribution < 1.29 is 4.79 Å². The zero-order valence-electron chi connectivity index (χ0n) is 14.6. The fourth-order valence-corrected chi connectivity index (χ4v) is 3.84. The monoisotopic (exact) mass is 371 g/mol. The van der Waals surface area contributed by atoms with Gasteiger partial charge in [-0.2, -0.15) is 0 Å². The van der Waals surface area contributed by atoms with E-state index in [0.717, 1.165) is 38.0 Å². The maximum absolute atomic E-state index is 13.2. The highest BCUT2D eigenvalue weighted by atomic mass is 35.5. The minimum absolute atomic E-state index is 0.0554. The van der Waals surface area contributed by atoms with E-state index in [1.54, 1.807) is 12.3 Å². The van der Waals surface area contributed by atoms with Gasteiger partial charge in [-0.3, -0.25) is 4.79 Å². The van der Waals surface area contributed by atoms with Gasteiger partial charge < -0.3 is 15.1 Å². The third-order valence-corrected chi connectivity index (χ3v) is 5.22. The Hall–Kier alpha value is -2.18. The molecule has 2 aliphatic heterocycles. The molecule has 136 valence electrons. The number of benzene rings is 1. The van der Waals surface area contributed by atoms with Gasteiger partial charge in [-0.05, 0) is 36.6 Å². The van der Waals surface area contributed by atoms with Crippen molar-refractivity contribution in [2.75, 3.05) is 37.6 Å². The molecule has 0 radical (unpaired) electrons. The summed E-state index contributed by atoms with van der Waals surface area (Å²) in [5.74, 6) is 0.599. The third kappa shape index (κ3) is 3.52. The van der Waals surface area contributed by atoms with Gasteiger partial charge in [0.15, 0.2) is 0 Å². The zero-order chi connectivity index (χ0) is 17.9. The molecule has 26 heavy (non-hydrogen) atoms. The third-order valence-electron chi connectivity index (χ3n) is 4.99. The molecule has 3 heterocycles. The lowest BCUT2D eigenvalue weighted by Crippen LogP contribution is -2.49. The summed E-state index contributed by atoms with van der Waals surface area (Å²) < 4.78 is 0. The van der Waals surface area contributed by atoms with Crippen molar-refractivity contribution in [1.82, 2.24) is 20.2 Å². The van der Waals surface area contributed by atoms with Crippen LogP contribution in [-0.4, -0.2) is 53.5 Å². The van der Waals surface area contributed by atoms with E-state index in [2.05, 4.69) is 20.2 Å². The first-order chi connectivity index (χ1) is 12.7. The van der Waals surface area contributed by atoms with Crippen LogP contribution in [0.2, 0.25) is 5.02 Å². The number of amides is 1. The van der Waals surface area contributed by atoms with Gasteiger partial charge in [-0.15, -0.1) is 0 Å². The molecule has 6 nitrogen and oxygen atoms in total. The van der Waals surface area contributed by atoms with Crippen LogP contribution < -0.4 is 10.2 Å². The maximum Gasteiger partial charge on any atom is 0.273 e. The molecule has 1 aromatic carbocycles. The van der Waals surface area contributed by atoms with Gasteiger partial charge in [0.1, 0.15) is 5.69 Å². The summed E-state index contributed by atoms with van der Waals surface area (Å²) in [5, 5.41) is 4.05. The normalized spacial score (nSPS) is 20.4. The second-order valence-electron chi connectivity index (χ2n) is 6.71. The minimum atomic E-state index is -0.0562. The van der Waals surface area contributed by atoms with E-state index in [1.165, 1.54) is 0 Å². The van der Waals surface area contributed by atoms with Gasteiger partial charge >= 0.3 is 0 Å². The minimum Gasteiger partial charge on any atom is -0.341 e. The van der Waals surface area contributed by atoms with Gasteiger partial charge in [0.25, 0.3) is 5.91 Å². The van der Waals surface area contributed by atoms with E-state index in [4.69, 9.17) is 11.6 Å². The SMILES string of the molecule is O=C(c1ccnc(N2CCCC2)n1)N1CCNCC1c1cccc(Cl)c1. The van der Waals surface area contributed by atoms with Crippen molar-refractivity contribution in [1.29, 1.82) is 0 Å². The van der Waals surface area contributed by atoms with Crippen molar-refractivity contribution >= 4 is 23.5 Å². The zero-order valence-corrected chi connectivity index (χ0v) is 15.3. The molecule has 4 rings (SSSR count). The molecule has 1 atom stereocenters. The van der Waals surface area contributed by atoms with Crippen LogP contribution in [0, 0.1) is 0 Å². The summed E-state index contributed by atoms with van der Waals surface area (Å²) >= 11 is 6.15. The molecule has 1 aromatic heterocycles. The number of halogens is 1.